The van der Waals surface area contributed by atoms with Crippen LogP contribution in [-0.4, -0.2) is 12.6 Å². The van der Waals surface area contributed by atoms with Crippen LogP contribution in [0.1, 0.15) is 56.3 Å². The monoisotopic (exact) mass is 494 g/mol. The van der Waals surface area contributed by atoms with Crippen molar-refractivity contribution in [1.82, 2.24) is 0 Å². The van der Waals surface area contributed by atoms with Crippen molar-refractivity contribution in [2.75, 3.05) is 6.61 Å². The van der Waals surface area contributed by atoms with Gasteiger partial charge in [0.25, 0.3) is 0 Å². The molecular weight excluding hydrogens is 465 g/mol. The van der Waals surface area contributed by atoms with Crippen LogP contribution in [-0.2, 0) is 4.74 Å². The van der Waals surface area contributed by atoms with E-state index >= 15 is 0 Å². The SMILES string of the molecule is CCCC1CC=C(OC(=O)c2ccc(-c3ccc(-c4ccc(OCC)c(F)c4F)cc3)c(F)c2)CC1. The Morgan fingerprint density at radius 2 is 1.61 bits per heavy atom. The zero-order chi connectivity index (χ0) is 25.7. The van der Waals surface area contributed by atoms with Gasteiger partial charge >= 0.3 is 5.97 Å². The minimum Gasteiger partial charge on any atom is -0.491 e. The summed E-state index contributed by atoms with van der Waals surface area (Å²) in [4.78, 5) is 12.5. The molecule has 6 heteroatoms. The largest absolute Gasteiger partial charge is 0.491 e. The lowest BCUT2D eigenvalue weighted by atomic mass is 9.90. The molecule has 0 amide bonds. The maximum Gasteiger partial charge on any atom is 0.343 e. The average Bonchev–Trinajstić information content (AvgIpc) is 2.88. The van der Waals surface area contributed by atoms with Gasteiger partial charge in [-0.15, -0.1) is 0 Å². The minimum atomic E-state index is -1.04. The van der Waals surface area contributed by atoms with E-state index in [1.54, 1.807) is 31.2 Å². The van der Waals surface area contributed by atoms with Gasteiger partial charge in [-0.05, 0) is 67.2 Å². The van der Waals surface area contributed by atoms with Crippen LogP contribution < -0.4 is 4.74 Å². The number of esters is 1. The van der Waals surface area contributed by atoms with Gasteiger partial charge < -0.3 is 9.47 Å². The average molecular weight is 495 g/mol. The van der Waals surface area contributed by atoms with Gasteiger partial charge in [-0.2, -0.15) is 4.39 Å². The second-order valence-corrected chi connectivity index (χ2v) is 8.93. The summed E-state index contributed by atoms with van der Waals surface area (Å²) in [5.74, 6) is -2.07. The maximum absolute atomic E-state index is 14.9. The van der Waals surface area contributed by atoms with Crippen molar-refractivity contribution in [2.45, 2.75) is 46.0 Å². The first-order valence-electron chi connectivity index (χ1n) is 12.3. The zero-order valence-electron chi connectivity index (χ0n) is 20.5. The minimum absolute atomic E-state index is 0.0825. The van der Waals surface area contributed by atoms with Gasteiger partial charge in [-0.3, -0.25) is 0 Å². The Morgan fingerprint density at radius 1 is 0.917 bits per heavy atom. The van der Waals surface area contributed by atoms with Crippen LogP contribution in [0.15, 0.2) is 66.4 Å². The molecule has 0 heterocycles. The fraction of sp³-hybridized carbons (Fsp3) is 0.300. The summed E-state index contributed by atoms with van der Waals surface area (Å²) in [6, 6.07) is 13.5. The third kappa shape index (κ3) is 5.64. The Kier molecular flexibility index (Phi) is 8.14. The topological polar surface area (TPSA) is 35.5 Å². The molecule has 0 spiro atoms. The van der Waals surface area contributed by atoms with E-state index in [4.69, 9.17) is 9.47 Å². The third-order valence-corrected chi connectivity index (χ3v) is 6.46. The van der Waals surface area contributed by atoms with Crippen molar-refractivity contribution >= 4 is 5.97 Å². The van der Waals surface area contributed by atoms with Crippen molar-refractivity contribution in [1.29, 1.82) is 0 Å². The van der Waals surface area contributed by atoms with E-state index < -0.39 is 23.4 Å². The number of halogens is 3. The highest BCUT2D eigenvalue weighted by molar-refractivity contribution is 5.91. The highest BCUT2D eigenvalue weighted by atomic mass is 19.2. The molecule has 1 aliphatic carbocycles. The Morgan fingerprint density at radius 3 is 2.22 bits per heavy atom. The Balaban J connectivity index is 1.47. The van der Waals surface area contributed by atoms with E-state index in [-0.39, 0.29) is 29.0 Å². The first-order chi connectivity index (χ1) is 17.4. The van der Waals surface area contributed by atoms with Crippen molar-refractivity contribution in [3.63, 3.8) is 0 Å². The Bertz CT molecular complexity index is 1270. The highest BCUT2D eigenvalue weighted by Crippen LogP contribution is 2.33. The molecule has 36 heavy (non-hydrogen) atoms. The standard InChI is InChI=1S/C30H29F3O3/c1-3-5-19-6-13-23(14-7-19)36-30(34)22-12-15-24(26(31)18-22)20-8-10-21(11-9-20)25-16-17-27(35-4-2)29(33)28(25)32/h8-13,15-19H,3-7,14H2,1-2H3. The lowest BCUT2D eigenvalue weighted by Gasteiger charge is -2.20. The summed E-state index contributed by atoms with van der Waals surface area (Å²) >= 11 is 0. The molecular formula is C30H29F3O3. The van der Waals surface area contributed by atoms with E-state index in [2.05, 4.69) is 6.92 Å². The van der Waals surface area contributed by atoms with Crippen molar-refractivity contribution < 1.29 is 27.4 Å². The number of carbonyl (C=O) groups excluding carboxylic acids is 1. The summed E-state index contributed by atoms with van der Waals surface area (Å²) in [7, 11) is 0. The number of hydrogen-bond acceptors (Lipinski definition) is 3. The number of benzene rings is 3. The molecule has 4 rings (SSSR count). The van der Waals surface area contributed by atoms with Crippen LogP contribution >= 0.6 is 0 Å². The fourth-order valence-corrected chi connectivity index (χ4v) is 4.53. The number of rotatable bonds is 8. The smallest absolute Gasteiger partial charge is 0.343 e. The third-order valence-electron chi connectivity index (χ3n) is 6.46. The fourth-order valence-electron chi connectivity index (χ4n) is 4.53. The van der Waals surface area contributed by atoms with E-state index in [1.165, 1.54) is 24.3 Å². The molecule has 0 bridgehead atoms. The van der Waals surface area contributed by atoms with Crippen molar-refractivity contribution in [3.8, 4) is 28.0 Å². The quantitative estimate of drug-likeness (QED) is 0.295. The molecule has 0 aliphatic heterocycles. The van der Waals surface area contributed by atoms with E-state index in [0.717, 1.165) is 31.7 Å². The van der Waals surface area contributed by atoms with E-state index in [9.17, 15) is 18.0 Å². The molecule has 0 aromatic heterocycles. The second-order valence-electron chi connectivity index (χ2n) is 8.93. The number of allylic oxidation sites excluding steroid dienone is 2. The van der Waals surface area contributed by atoms with Crippen LogP contribution in [0.4, 0.5) is 13.2 Å². The molecule has 1 unspecified atom stereocenters. The molecule has 0 N–H and O–H groups in total. The molecule has 0 saturated carbocycles. The molecule has 1 atom stereocenters. The molecule has 3 aromatic carbocycles. The number of ether oxygens (including phenoxy) is 2. The summed E-state index contributed by atoms with van der Waals surface area (Å²) in [5.41, 5.74) is 1.49. The van der Waals surface area contributed by atoms with Gasteiger partial charge in [0.15, 0.2) is 11.6 Å². The molecule has 3 nitrogen and oxygen atoms in total. The lowest BCUT2D eigenvalue weighted by Crippen LogP contribution is -2.11. The zero-order valence-corrected chi connectivity index (χ0v) is 20.5. The second kappa shape index (κ2) is 11.5. The summed E-state index contributed by atoms with van der Waals surface area (Å²) in [6.45, 7) is 4.08. The van der Waals surface area contributed by atoms with Gasteiger partial charge in [-0.1, -0.05) is 50.1 Å². The first kappa shape index (κ1) is 25.5. The van der Waals surface area contributed by atoms with Crippen molar-refractivity contribution in [3.05, 3.63) is 89.4 Å². The predicted octanol–water partition coefficient (Wildman–Crippen LogP) is 8.48. The van der Waals surface area contributed by atoms with Gasteiger partial charge in [0, 0.05) is 17.5 Å². The van der Waals surface area contributed by atoms with Crippen LogP contribution in [0.25, 0.3) is 22.3 Å². The molecule has 3 aromatic rings. The molecule has 188 valence electrons. The number of carbonyl (C=O) groups is 1. The lowest BCUT2D eigenvalue weighted by molar-refractivity contribution is 0.0602. The number of hydrogen-bond donors (Lipinski definition) is 0. The highest BCUT2D eigenvalue weighted by Gasteiger charge is 2.19. The molecule has 0 radical (unpaired) electrons. The maximum atomic E-state index is 14.9. The van der Waals surface area contributed by atoms with E-state index in [0.29, 0.717) is 29.2 Å². The predicted molar refractivity (Wildman–Crippen MR) is 134 cm³/mol. The van der Waals surface area contributed by atoms with Gasteiger partial charge in [0.05, 0.1) is 12.2 Å². The van der Waals surface area contributed by atoms with Crippen LogP contribution in [0.3, 0.4) is 0 Å². The van der Waals surface area contributed by atoms with Gasteiger partial charge in [0.2, 0.25) is 5.82 Å². The summed E-state index contributed by atoms with van der Waals surface area (Å²) in [5, 5.41) is 0. The van der Waals surface area contributed by atoms with Crippen LogP contribution in [0, 0.1) is 23.4 Å². The van der Waals surface area contributed by atoms with Gasteiger partial charge in [-0.25, -0.2) is 13.6 Å². The summed E-state index contributed by atoms with van der Waals surface area (Å²) in [6.07, 6.45) is 6.86. The van der Waals surface area contributed by atoms with Crippen LogP contribution in [0.2, 0.25) is 0 Å². The molecule has 0 saturated heterocycles. The Labute approximate surface area is 209 Å². The molecule has 1 aliphatic rings. The first-order valence-corrected chi connectivity index (χ1v) is 12.3. The van der Waals surface area contributed by atoms with E-state index in [1.807, 2.05) is 6.08 Å². The molecule has 0 fully saturated rings. The Hall–Kier alpha value is -3.54. The van der Waals surface area contributed by atoms with Crippen molar-refractivity contribution in [2.24, 2.45) is 5.92 Å². The normalized spacial score (nSPS) is 15.4. The van der Waals surface area contributed by atoms with Crippen LogP contribution in [0.5, 0.6) is 5.75 Å². The summed E-state index contributed by atoms with van der Waals surface area (Å²) < 4.78 is 54.3. The van der Waals surface area contributed by atoms with Gasteiger partial charge in [0.1, 0.15) is 11.6 Å².